The normalized spacial score (nSPS) is 11.7. The molecule has 0 aromatic heterocycles. The molecule has 2 aromatic carbocycles. The van der Waals surface area contributed by atoms with Crippen LogP contribution in [-0.4, -0.2) is 0 Å². The summed E-state index contributed by atoms with van der Waals surface area (Å²) >= 11 is 6.11. The summed E-state index contributed by atoms with van der Waals surface area (Å²) in [6, 6.07) is 15.4. The lowest BCUT2D eigenvalue weighted by molar-refractivity contribution is 0.978. The first kappa shape index (κ1) is 13.5. The molecule has 0 saturated heterocycles. The highest BCUT2D eigenvalue weighted by atomic mass is 35.5. The summed E-state index contributed by atoms with van der Waals surface area (Å²) in [6.07, 6.45) is 0. The van der Waals surface area contributed by atoms with Gasteiger partial charge < -0.3 is 5.32 Å². The van der Waals surface area contributed by atoms with Crippen LogP contribution in [0.4, 0.5) is 5.69 Å². The van der Waals surface area contributed by atoms with Gasteiger partial charge in [0.2, 0.25) is 0 Å². The van der Waals surface area contributed by atoms with Gasteiger partial charge >= 0.3 is 0 Å². The van der Waals surface area contributed by atoms with E-state index in [1.165, 1.54) is 0 Å². The van der Waals surface area contributed by atoms with Crippen LogP contribution in [0.25, 0.3) is 0 Å². The summed E-state index contributed by atoms with van der Waals surface area (Å²) in [4.78, 5) is 0. The first-order chi connectivity index (χ1) is 9.11. The van der Waals surface area contributed by atoms with Crippen LogP contribution in [0.15, 0.2) is 42.5 Å². The first-order valence-electron chi connectivity index (χ1n) is 6.09. The average Bonchev–Trinajstić information content (AvgIpc) is 2.41. The van der Waals surface area contributed by atoms with Crippen LogP contribution in [0, 0.1) is 25.2 Å². The maximum atomic E-state index is 9.39. The quantitative estimate of drug-likeness (QED) is 0.882. The molecule has 0 bridgehead atoms. The molecule has 0 heterocycles. The van der Waals surface area contributed by atoms with Gasteiger partial charge in [-0.1, -0.05) is 47.5 Å². The number of halogens is 1. The van der Waals surface area contributed by atoms with E-state index >= 15 is 0 Å². The topological polar surface area (TPSA) is 35.8 Å². The van der Waals surface area contributed by atoms with E-state index in [0.29, 0.717) is 5.02 Å². The Morgan fingerprint density at radius 3 is 2.58 bits per heavy atom. The van der Waals surface area contributed by atoms with Crippen molar-refractivity contribution < 1.29 is 0 Å². The van der Waals surface area contributed by atoms with Gasteiger partial charge in [0.05, 0.1) is 16.8 Å². The van der Waals surface area contributed by atoms with E-state index in [1.807, 2.05) is 50.2 Å². The van der Waals surface area contributed by atoms with Crippen LogP contribution in [0.1, 0.15) is 22.7 Å². The fraction of sp³-hybridized carbons (Fsp3) is 0.188. The average molecular weight is 271 g/mol. The van der Waals surface area contributed by atoms with Crippen molar-refractivity contribution in [2.75, 3.05) is 5.32 Å². The molecule has 1 unspecified atom stereocenters. The van der Waals surface area contributed by atoms with Crippen LogP contribution in [0.5, 0.6) is 0 Å². The Kier molecular flexibility index (Phi) is 4.09. The van der Waals surface area contributed by atoms with Gasteiger partial charge in [0.25, 0.3) is 0 Å². The lowest BCUT2D eigenvalue weighted by Gasteiger charge is -2.17. The predicted molar refractivity (Wildman–Crippen MR) is 79.3 cm³/mol. The molecule has 19 heavy (non-hydrogen) atoms. The maximum absolute atomic E-state index is 9.39. The second kappa shape index (κ2) is 5.77. The molecule has 0 spiro atoms. The SMILES string of the molecule is Cc1ccc(C)c(C(C#N)Nc2ccccc2Cl)c1. The highest BCUT2D eigenvalue weighted by Crippen LogP contribution is 2.27. The fourth-order valence-electron chi connectivity index (χ4n) is 1.98. The zero-order chi connectivity index (χ0) is 13.8. The molecule has 2 nitrogen and oxygen atoms in total. The molecular weight excluding hydrogens is 256 g/mol. The van der Waals surface area contributed by atoms with Gasteiger partial charge in [-0.3, -0.25) is 0 Å². The Labute approximate surface area is 118 Å². The molecule has 3 heteroatoms. The number of nitrogens with zero attached hydrogens (tertiary/aromatic N) is 1. The second-order valence-corrected chi connectivity index (χ2v) is 4.95. The van der Waals surface area contributed by atoms with E-state index < -0.39 is 6.04 Å². The van der Waals surface area contributed by atoms with Gasteiger partial charge in [-0.15, -0.1) is 0 Å². The third-order valence-electron chi connectivity index (χ3n) is 3.05. The van der Waals surface area contributed by atoms with Gasteiger partial charge in [0, 0.05) is 0 Å². The number of aryl methyl sites for hydroxylation is 2. The van der Waals surface area contributed by atoms with Crippen LogP contribution in [0.3, 0.4) is 0 Å². The number of nitriles is 1. The summed E-state index contributed by atoms with van der Waals surface area (Å²) in [6.45, 7) is 4.03. The molecule has 0 aliphatic rings. The summed E-state index contributed by atoms with van der Waals surface area (Å²) in [7, 11) is 0. The Morgan fingerprint density at radius 1 is 1.16 bits per heavy atom. The minimum absolute atomic E-state index is 0.403. The molecule has 96 valence electrons. The highest BCUT2D eigenvalue weighted by molar-refractivity contribution is 6.33. The molecule has 0 amide bonds. The Bertz CT molecular complexity index is 629. The smallest absolute Gasteiger partial charge is 0.140 e. The summed E-state index contributed by atoms with van der Waals surface area (Å²) in [5.74, 6) is 0. The van der Waals surface area contributed by atoms with Crippen molar-refractivity contribution in [2.45, 2.75) is 19.9 Å². The minimum Gasteiger partial charge on any atom is -0.365 e. The maximum Gasteiger partial charge on any atom is 0.140 e. The first-order valence-corrected chi connectivity index (χ1v) is 6.47. The van der Waals surface area contributed by atoms with Crippen LogP contribution >= 0.6 is 11.6 Å². The van der Waals surface area contributed by atoms with E-state index in [1.54, 1.807) is 6.07 Å². The molecule has 0 radical (unpaired) electrons. The van der Waals surface area contributed by atoms with Crippen molar-refractivity contribution in [3.63, 3.8) is 0 Å². The van der Waals surface area contributed by atoms with Crippen molar-refractivity contribution >= 4 is 17.3 Å². The van der Waals surface area contributed by atoms with Gasteiger partial charge in [0.15, 0.2) is 0 Å². The van der Waals surface area contributed by atoms with Gasteiger partial charge in [-0.05, 0) is 37.1 Å². The van der Waals surface area contributed by atoms with Crippen molar-refractivity contribution in [3.8, 4) is 6.07 Å². The van der Waals surface area contributed by atoms with Crippen molar-refractivity contribution in [2.24, 2.45) is 0 Å². The van der Waals surface area contributed by atoms with Gasteiger partial charge in [0.1, 0.15) is 6.04 Å². The lowest BCUT2D eigenvalue weighted by Crippen LogP contribution is -2.10. The van der Waals surface area contributed by atoms with Crippen LogP contribution < -0.4 is 5.32 Å². The van der Waals surface area contributed by atoms with Crippen molar-refractivity contribution in [3.05, 3.63) is 64.2 Å². The predicted octanol–water partition coefficient (Wildman–Crippen LogP) is 4.63. The Balaban J connectivity index is 2.34. The largest absolute Gasteiger partial charge is 0.365 e. The second-order valence-electron chi connectivity index (χ2n) is 4.55. The number of rotatable bonds is 3. The third-order valence-corrected chi connectivity index (χ3v) is 3.38. The van der Waals surface area contributed by atoms with E-state index in [4.69, 9.17) is 11.6 Å². The molecule has 0 saturated carbocycles. The van der Waals surface area contributed by atoms with E-state index in [9.17, 15) is 5.26 Å². The standard InChI is InChI=1S/C16H15ClN2/c1-11-7-8-12(2)13(9-11)16(10-18)19-15-6-4-3-5-14(15)17/h3-9,16,19H,1-2H3. The zero-order valence-corrected chi connectivity index (χ0v) is 11.7. The molecule has 1 atom stereocenters. The Hall–Kier alpha value is -1.98. The molecule has 1 N–H and O–H groups in total. The number of hydrogen-bond donors (Lipinski definition) is 1. The Morgan fingerprint density at radius 2 is 1.89 bits per heavy atom. The van der Waals surface area contributed by atoms with Crippen LogP contribution in [0.2, 0.25) is 5.02 Å². The van der Waals surface area contributed by atoms with Crippen molar-refractivity contribution in [1.82, 2.24) is 0 Å². The highest BCUT2D eigenvalue weighted by Gasteiger charge is 2.14. The van der Waals surface area contributed by atoms with Gasteiger partial charge in [-0.2, -0.15) is 5.26 Å². The molecule has 2 aromatic rings. The lowest BCUT2D eigenvalue weighted by atomic mass is 9.99. The zero-order valence-electron chi connectivity index (χ0n) is 10.9. The molecule has 0 aliphatic carbocycles. The summed E-state index contributed by atoms with van der Waals surface area (Å²) in [5, 5.41) is 13.2. The molecule has 0 aliphatic heterocycles. The van der Waals surface area contributed by atoms with Gasteiger partial charge in [-0.25, -0.2) is 0 Å². The minimum atomic E-state index is -0.403. The number of benzene rings is 2. The number of anilines is 1. The summed E-state index contributed by atoms with van der Waals surface area (Å²) in [5.41, 5.74) is 4.00. The summed E-state index contributed by atoms with van der Waals surface area (Å²) < 4.78 is 0. The molecule has 0 fully saturated rings. The van der Waals surface area contributed by atoms with E-state index in [2.05, 4.69) is 11.4 Å². The molecular formula is C16H15ClN2. The third kappa shape index (κ3) is 3.07. The van der Waals surface area contributed by atoms with E-state index in [-0.39, 0.29) is 0 Å². The molecule has 2 rings (SSSR count). The van der Waals surface area contributed by atoms with E-state index in [0.717, 1.165) is 22.4 Å². The van der Waals surface area contributed by atoms with Crippen LogP contribution in [-0.2, 0) is 0 Å². The number of nitrogens with one attached hydrogen (secondary N) is 1. The fourth-order valence-corrected chi connectivity index (χ4v) is 2.17. The monoisotopic (exact) mass is 270 g/mol. The number of hydrogen-bond acceptors (Lipinski definition) is 2. The van der Waals surface area contributed by atoms with Crippen molar-refractivity contribution in [1.29, 1.82) is 5.26 Å². The number of para-hydroxylation sites is 1.